The first-order valence-electron chi connectivity index (χ1n) is 6.03. The Morgan fingerprint density at radius 3 is 2.56 bits per heavy atom. The lowest BCUT2D eigenvalue weighted by Gasteiger charge is -2.44. The van der Waals surface area contributed by atoms with Crippen LogP contribution in [0.25, 0.3) is 0 Å². The summed E-state index contributed by atoms with van der Waals surface area (Å²) in [4.78, 5) is 0. The molecule has 1 heterocycles. The molecule has 1 N–H and O–H groups in total. The Kier molecular flexibility index (Phi) is 3.82. The van der Waals surface area contributed by atoms with Crippen LogP contribution in [0.1, 0.15) is 39.0 Å². The molecule has 0 aromatic carbocycles. The van der Waals surface area contributed by atoms with Crippen LogP contribution in [0.3, 0.4) is 0 Å². The van der Waals surface area contributed by atoms with Gasteiger partial charge in [0.25, 0.3) is 0 Å². The van der Waals surface area contributed by atoms with Gasteiger partial charge in [0.2, 0.25) is 0 Å². The Balaban J connectivity index is 2.37. The third-order valence-corrected chi connectivity index (χ3v) is 7.80. The van der Waals surface area contributed by atoms with Gasteiger partial charge in [-0.2, -0.15) is 0 Å². The average molecular weight is 260 g/mol. The van der Waals surface area contributed by atoms with Crippen LogP contribution in [0, 0.1) is 0 Å². The fourth-order valence-electron chi connectivity index (χ4n) is 2.78. The molecule has 2 atom stereocenters. The maximum Gasteiger partial charge on any atom is 0.137 e. The van der Waals surface area contributed by atoms with Crippen molar-refractivity contribution in [2.45, 2.75) is 48.7 Å². The largest absolute Gasteiger partial charge is 0.387 e. The van der Waals surface area contributed by atoms with E-state index in [1.165, 1.54) is 0 Å². The van der Waals surface area contributed by atoms with Gasteiger partial charge in [0.1, 0.15) is 4.08 Å². The van der Waals surface area contributed by atoms with Gasteiger partial charge < -0.3 is 5.11 Å². The molecule has 2 fully saturated rings. The summed E-state index contributed by atoms with van der Waals surface area (Å²) in [6.45, 7) is 1.95. The number of aliphatic hydroxyl groups is 1. The van der Waals surface area contributed by atoms with Crippen LogP contribution >= 0.6 is 11.8 Å². The van der Waals surface area contributed by atoms with Gasteiger partial charge in [-0.1, -0.05) is 25.0 Å². The van der Waals surface area contributed by atoms with Gasteiger partial charge in [0.05, 0.1) is 5.60 Å². The molecule has 1 saturated carbocycles. The molecule has 92 valence electrons. The summed E-state index contributed by atoms with van der Waals surface area (Å²) >= 11 is 1.70. The molecule has 0 bridgehead atoms. The van der Waals surface area contributed by atoms with E-state index in [-0.39, 0.29) is 0 Å². The maximum atomic E-state index is 12.4. The predicted octanol–water partition coefficient (Wildman–Crippen LogP) is 2.45. The third-order valence-electron chi connectivity index (χ3n) is 3.59. The van der Waals surface area contributed by atoms with Crippen LogP contribution in [-0.4, -0.2) is 30.5 Å². The molecule has 0 amide bonds. The summed E-state index contributed by atoms with van der Waals surface area (Å²) in [6.07, 6.45) is 8.69. The highest BCUT2D eigenvalue weighted by Crippen LogP contribution is 2.51. The Morgan fingerprint density at radius 1 is 1.31 bits per heavy atom. The summed E-state index contributed by atoms with van der Waals surface area (Å²) in [5.41, 5.74) is -0.741. The molecule has 2 nitrogen and oxygen atoms in total. The number of hydrogen-bond donors (Lipinski definition) is 1. The van der Waals surface area contributed by atoms with Crippen LogP contribution in [0.4, 0.5) is 0 Å². The minimum absolute atomic E-state index is 0.531. The van der Waals surface area contributed by atoms with Crippen molar-refractivity contribution in [1.82, 2.24) is 0 Å². The van der Waals surface area contributed by atoms with Crippen molar-refractivity contribution in [3.63, 3.8) is 0 Å². The average Bonchev–Trinajstić information content (AvgIpc) is 2.70. The zero-order valence-corrected chi connectivity index (χ0v) is 11.4. The number of rotatable bonds is 2. The quantitative estimate of drug-likeness (QED) is 0.775. The molecular formula is C12H20O2S2. The molecule has 1 saturated heterocycles. The smallest absolute Gasteiger partial charge is 0.137 e. The van der Waals surface area contributed by atoms with Crippen molar-refractivity contribution in [1.29, 1.82) is 0 Å². The molecule has 16 heavy (non-hydrogen) atoms. The van der Waals surface area contributed by atoms with E-state index in [0.29, 0.717) is 0 Å². The van der Waals surface area contributed by atoms with Crippen LogP contribution in [-0.2, 0) is 10.8 Å². The van der Waals surface area contributed by atoms with Crippen LogP contribution in [0.2, 0.25) is 0 Å². The number of thioether (sulfide) groups is 1. The molecule has 1 unspecified atom stereocenters. The molecule has 2 aliphatic rings. The monoisotopic (exact) mass is 260 g/mol. The molecule has 0 aromatic rings. The van der Waals surface area contributed by atoms with Gasteiger partial charge in [0.15, 0.2) is 0 Å². The molecule has 4 heteroatoms. The minimum atomic E-state index is -0.940. The van der Waals surface area contributed by atoms with Crippen molar-refractivity contribution in [2.75, 3.05) is 11.5 Å². The van der Waals surface area contributed by atoms with Gasteiger partial charge in [-0.05, 0) is 31.9 Å². The predicted molar refractivity (Wildman–Crippen MR) is 71.0 cm³/mol. The van der Waals surface area contributed by atoms with Crippen molar-refractivity contribution in [3.8, 4) is 0 Å². The van der Waals surface area contributed by atoms with Crippen molar-refractivity contribution >= 4 is 22.6 Å². The summed E-state index contributed by atoms with van der Waals surface area (Å²) in [5.74, 6) is 1.75. The van der Waals surface area contributed by atoms with E-state index in [9.17, 15) is 9.32 Å². The summed E-state index contributed by atoms with van der Waals surface area (Å²) in [6, 6.07) is 0. The number of allylic oxidation sites excluding steroid dienone is 1. The van der Waals surface area contributed by atoms with Crippen molar-refractivity contribution < 1.29 is 9.32 Å². The van der Waals surface area contributed by atoms with Gasteiger partial charge in [-0.3, -0.25) is 4.21 Å². The van der Waals surface area contributed by atoms with Gasteiger partial charge >= 0.3 is 0 Å². The zero-order chi connectivity index (χ0) is 11.6. The normalized spacial score (nSPS) is 39.2. The second kappa shape index (κ2) is 4.83. The maximum absolute atomic E-state index is 12.4. The topological polar surface area (TPSA) is 37.3 Å². The Hall–Kier alpha value is 0.200. The summed E-state index contributed by atoms with van der Waals surface area (Å²) < 4.78 is 11.8. The second-order valence-electron chi connectivity index (χ2n) is 4.66. The van der Waals surface area contributed by atoms with Crippen LogP contribution in [0.15, 0.2) is 12.2 Å². The van der Waals surface area contributed by atoms with Crippen LogP contribution in [0.5, 0.6) is 0 Å². The highest BCUT2D eigenvalue weighted by atomic mass is 32.2. The van der Waals surface area contributed by atoms with E-state index < -0.39 is 20.5 Å². The van der Waals surface area contributed by atoms with Gasteiger partial charge in [0, 0.05) is 16.6 Å². The van der Waals surface area contributed by atoms with Crippen molar-refractivity contribution in [2.24, 2.45) is 0 Å². The third kappa shape index (κ3) is 1.89. The molecule has 1 aliphatic heterocycles. The molecule has 0 radical (unpaired) electrons. The van der Waals surface area contributed by atoms with E-state index >= 15 is 0 Å². The Labute approximate surface area is 104 Å². The van der Waals surface area contributed by atoms with E-state index in [4.69, 9.17) is 0 Å². The first-order valence-corrected chi connectivity index (χ1v) is 8.34. The van der Waals surface area contributed by atoms with E-state index in [1.807, 2.05) is 19.1 Å². The Bertz CT molecular complexity index is 308. The second-order valence-corrected chi connectivity index (χ2v) is 8.00. The highest BCUT2D eigenvalue weighted by Gasteiger charge is 2.55. The lowest BCUT2D eigenvalue weighted by atomic mass is 9.96. The van der Waals surface area contributed by atoms with Crippen molar-refractivity contribution in [3.05, 3.63) is 12.2 Å². The molecule has 0 spiro atoms. The summed E-state index contributed by atoms with van der Waals surface area (Å²) in [5, 5.41) is 10.8. The van der Waals surface area contributed by atoms with E-state index in [0.717, 1.165) is 43.6 Å². The fourth-order valence-corrected chi connectivity index (χ4v) is 6.92. The standard InChI is InChI=1S/C12H20O2S2/c1-2-6-12(11(13)7-3-4-8-11)15-9-5-10-16(12)14/h2,6,13H,3-5,7-10H2,1H3/b6-2+/t12-,16?/m1/s1. The molecular weight excluding hydrogens is 240 g/mol. The Morgan fingerprint density at radius 2 is 2.00 bits per heavy atom. The molecule has 2 rings (SSSR count). The molecule has 1 aliphatic carbocycles. The highest BCUT2D eigenvalue weighted by molar-refractivity contribution is 8.13. The summed E-state index contributed by atoms with van der Waals surface area (Å²) in [7, 11) is -0.940. The van der Waals surface area contributed by atoms with Gasteiger partial charge in [-0.15, -0.1) is 11.8 Å². The lowest BCUT2D eigenvalue weighted by molar-refractivity contribution is 0.0457. The number of hydrogen-bond acceptors (Lipinski definition) is 3. The van der Waals surface area contributed by atoms with E-state index in [1.54, 1.807) is 11.8 Å². The lowest BCUT2D eigenvalue weighted by Crippen LogP contribution is -2.54. The SMILES string of the molecule is C/C=C/[C@@]1(C2(O)CCCC2)SCCCS1=O. The van der Waals surface area contributed by atoms with Crippen LogP contribution < -0.4 is 0 Å². The fraction of sp³-hybridized carbons (Fsp3) is 0.833. The first kappa shape index (κ1) is 12.7. The first-order chi connectivity index (χ1) is 7.65. The van der Waals surface area contributed by atoms with Gasteiger partial charge in [-0.25, -0.2) is 0 Å². The zero-order valence-electron chi connectivity index (χ0n) is 9.78. The van der Waals surface area contributed by atoms with E-state index in [2.05, 4.69) is 0 Å². The minimum Gasteiger partial charge on any atom is -0.387 e. The molecule has 0 aromatic heterocycles.